The zero-order valence-corrected chi connectivity index (χ0v) is 19.0. The lowest BCUT2D eigenvalue weighted by atomic mass is 10.1. The lowest BCUT2D eigenvalue weighted by Crippen LogP contribution is -2.12. The minimum atomic E-state index is -3.71. The molecule has 0 bridgehead atoms. The largest absolute Gasteiger partial charge is 0.490 e. The summed E-state index contributed by atoms with van der Waals surface area (Å²) in [6, 6.07) is 18.0. The summed E-state index contributed by atoms with van der Waals surface area (Å²) >= 11 is 6.51. The SMILES string of the molecule is CCOc1cc(CNc2ccc(S(N)(=O)=O)cc2)cc(Cl)c1OCc1cccc(C)c1. The lowest BCUT2D eigenvalue weighted by molar-refractivity contribution is 0.269. The van der Waals surface area contributed by atoms with Gasteiger partial charge < -0.3 is 14.8 Å². The molecule has 0 unspecified atom stereocenters. The summed E-state index contributed by atoms with van der Waals surface area (Å²) in [5, 5.41) is 8.82. The van der Waals surface area contributed by atoms with Gasteiger partial charge in [-0.2, -0.15) is 0 Å². The number of anilines is 1. The van der Waals surface area contributed by atoms with Crippen molar-refractivity contribution in [3.63, 3.8) is 0 Å². The summed E-state index contributed by atoms with van der Waals surface area (Å²) in [4.78, 5) is 0.0647. The molecular weight excluding hydrogens is 436 g/mol. The van der Waals surface area contributed by atoms with Crippen LogP contribution in [0, 0.1) is 6.92 Å². The van der Waals surface area contributed by atoms with E-state index in [0.717, 1.165) is 22.4 Å². The van der Waals surface area contributed by atoms with E-state index in [-0.39, 0.29) is 4.90 Å². The smallest absolute Gasteiger partial charge is 0.238 e. The second kappa shape index (κ2) is 10.0. The zero-order valence-electron chi connectivity index (χ0n) is 17.4. The van der Waals surface area contributed by atoms with Gasteiger partial charge in [0.1, 0.15) is 6.61 Å². The molecule has 31 heavy (non-hydrogen) atoms. The molecule has 0 saturated carbocycles. The molecule has 8 heteroatoms. The molecule has 6 nitrogen and oxygen atoms in total. The van der Waals surface area contributed by atoms with Crippen LogP contribution in [0.2, 0.25) is 5.02 Å². The second-order valence-electron chi connectivity index (χ2n) is 7.04. The van der Waals surface area contributed by atoms with Crippen LogP contribution in [0.5, 0.6) is 11.5 Å². The predicted octanol–water partition coefficient (Wildman–Crippen LogP) is 4.89. The fourth-order valence-electron chi connectivity index (χ4n) is 3.05. The third-order valence-corrected chi connectivity index (χ3v) is 5.72. The van der Waals surface area contributed by atoms with Crippen molar-refractivity contribution < 1.29 is 17.9 Å². The molecule has 3 aromatic rings. The van der Waals surface area contributed by atoms with Crippen LogP contribution in [0.25, 0.3) is 0 Å². The average Bonchev–Trinajstić information content (AvgIpc) is 2.71. The summed E-state index contributed by atoms with van der Waals surface area (Å²) < 4.78 is 34.5. The van der Waals surface area contributed by atoms with E-state index < -0.39 is 10.0 Å². The van der Waals surface area contributed by atoms with E-state index >= 15 is 0 Å². The molecule has 0 radical (unpaired) electrons. The Morgan fingerprint density at radius 2 is 1.74 bits per heavy atom. The highest BCUT2D eigenvalue weighted by atomic mass is 35.5. The summed E-state index contributed by atoms with van der Waals surface area (Å²) in [6.45, 7) is 5.26. The second-order valence-corrected chi connectivity index (χ2v) is 9.01. The van der Waals surface area contributed by atoms with Crippen LogP contribution in [-0.4, -0.2) is 15.0 Å². The van der Waals surface area contributed by atoms with Crippen LogP contribution in [0.3, 0.4) is 0 Å². The van der Waals surface area contributed by atoms with Crippen molar-refractivity contribution in [2.24, 2.45) is 5.14 Å². The third-order valence-electron chi connectivity index (χ3n) is 4.51. The van der Waals surface area contributed by atoms with Gasteiger partial charge in [-0.3, -0.25) is 0 Å². The van der Waals surface area contributed by atoms with Crippen LogP contribution in [0.15, 0.2) is 65.6 Å². The maximum Gasteiger partial charge on any atom is 0.238 e. The first-order chi connectivity index (χ1) is 14.8. The Hall–Kier alpha value is -2.74. The van der Waals surface area contributed by atoms with Crippen molar-refractivity contribution in [2.75, 3.05) is 11.9 Å². The molecule has 0 aromatic heterocycles. The molecule has 0 amide bonds. The van der Waals surface area contributed by atoms with Crippen LogP contribution < -0.4 is 19.9 Å². The van der Waals surface area contributed by atoms with Crippen LogP contribution in [-0.2, 0) is 23.2 Å². The van der Waals surface area contributed by atoms with Gasteiger partial charge in [-0.25, -0.2) is 13.6 Å². The monoisotopic (exact) mass is 460 g/mol. The van der Waals surface area contributed by atoms with Gasteiger partial charge >= 0.3 is 0 Å². The van der Waals surface area contributed by atoms with E-state index in [9.17, 15) is 8.42 Å². The highest BCUT2D eigenvalue weighted by molar-refractivity contribution is 7.89. The average molecular weight is 461 g/mol. The Labute approximate surface area is 188 Å². The van der Waals surface area contributed by atoms with E-state index in [2.05, 4.69) is 11.4 Å². The highest BCUT2D eigenvalue weighted by Crippen LogP contribution is 2.37. The Bertz CT molecular complexity index is 1150. The number of nitrogens with one attached hydrogen (secondary N) is 1. The number of benzene rings is 3. The van der Waals surface area contributed by atoms with Gasteiger partial charge in [0.25, 0.3) is 0 Å². The topological polar surface area (TPSA) is 90.6 Å². The van der Waals surface area contributed by atoms with Crippen molar-refractivity contribution in [3.8, 4) is 11.5 Å². The Kier molecular flexibility index (Phi) is 7.43. The van der Waals surface area contributed by atoms with Crippen molar-refractivity contribution in [1.29, 1.82) is 0 Å². The number of hydrogen-bond acceptors (Lipinski definition) is 5. The minimum absolute atomic E-state index is 0.0647. The van der Waals surface area contributed by atoms with Crippen molar-refractivity contribution >= 4 is 27.3 Å². The highest BCUT2D eigenvalue weighted by Gasteiger charge is 2.13. The molecule has 0 atom stereocenters. The molecule has 164 valence electrons. The lowest BCUT2D eigenvalue weighted by Gasteiger charge is -2.16. The van der Waals surface area contributed by atoms with Gasteiger partial charge in [-0.05, 0) is 61.4 Å². The van der Waals surface area contributed by atoms with Crippen LogP contribution >= 0.6 is 11.6 Å². The molecule has 0 aliphatic heterocycles. The van der Waals surface area contributed by atoms with E-state index in [0.29, 0.717) is 36.3 Å². The summed E-state index contributed by atoms with van der Waals surface area (Å²) in [5.41, 5.74) is 3.86. The van der Waals surface area contributed by atoms with Gasteiger partial charge in [-0.15, -0.1) is 0 Å². The molecule has 0 heterocycles. The van der Waals surface area contributed by atoms with Gasteiger partial charge in [0.2, 0.25) is 10.0 Å². The quantitative estimate of drug-likeness (QED) is 0.474. The minimum Gasteiger partial charge on any atom is -0.490 e. The first-order valence-corrected chi connectivity index (χ1v) is 11.7. The molecule has 0 saturated heterocycles. The molecule has 0 aliphatic carbocycles. The number of sulfonamides is 1. The number of primary sulfonamides is 1. The van der Waals surface area contributed by atoms with E-state index in [1.54, 1.807) is 12.1 Å². The molecule has 0 fully saturated rings. The van der Waals surface area contributed by atoms with Gasteiger partial charge in [-0.1, -0.05) is 41.4 Å². The van der Waals surface area contributed by atoms with E-state index in [1.807, 2.05) is 44.2 Å². The fourth-order valence-corrected chi connectivity index (χ4v) is 3.85. The summed E-state index contributed by atoms with van der Waals surface area (Å²) in [6.07, 6.45) is 0. The first kappa shape index (κ1) is 22.9. The fraction of sp³-hybridized carbons (Fsp3) is 0.217. The van der Waals surface area contributed by atoms with Crippen molar-refractivity contribution in [2.45, 2.75) is 31.9 Å². The van der Waals surface area contributed by atoms with E-state index in [4.69, 9.17) is 26.2 Å². The maximum atomic E-state index is 11.4. The molecule has 3 rings (SSSR count). The number of ether oxygens (including phenoxy) is 2. The van der Waals surface area contributed by atoms with Crippen LogP contribution in [0.1, 0.15) is 23.6 Å². The number of hydrogen-bond donors (Lipinski definition) is 2. The Morgan fingerprint density at radius 1 is 1.00 bits per heavy atom. The van der Waals surface area contributed by atoms with E-state index in [1.165, 1.54) is 12.1 Å². The number of halogens is 1. The van der Waals surface area contributed by atoms with Gasteiger partial charge in [0, 0.05) is 12.2 Å². The molecular formula is C23H25ClN2O4S. The van der Waals surface area contributed by atoms with Gasteiger partial charge in [0.15, 0.2) is 11.5 Å². The first-order valence-electron chi connectivity index (χ1n) is 9.76. The number of rotatable bonds is 9. The Balaban J connectivity index is 1.73. The summed E-state index contributed by atoms with van der Waals surface area (Å²) in [5.74, 6) is 1.08. The number of aryl methyl sites for hydroxylation is 1. The summed E-state index contributed by atoms with van der Waals surface area (Å²) in [7, 11) is -3.71. The molecule has 3 aromatic carbocycles. The zero-order chi connectivity index (χ0) is 22.4. The van der Waals surface area contributed by atoms with Crippen LogP contribution in [0.4, 0.5) is 5.69 Å². The third kappa shape index (κ3) is 6.37. The van der Waals surface area contributed by atoms with Crippen molar-refractivity contribution in [1.82, 2.24) is 0 Å². The normalized spacial score (nSPS) is 11.2. The Morgan fingerprint density at radius 3 is 2.39 bits per heavy atom. The standard InChI is InChI=1S/C23H25ClN2O4S/c1-3-29-22-13-18(14-26-19-7-9-20(10-8-19)31(25,27)28)12-21(24)23(22)30-15-17-6-4-5-16(2)11-17/h4-13,26H,3,14-15H2,1-2H3,(H2,25,27,28). The number of nitrogens with two attached hydrogens (primary N) is 1. The van der Waals surface area contributed by atoms with Crippen molar-refractivity contribution in [3.05, 3.63) is 82.4 Å². The molecule has 3 N–H and O–H groups in total. The molecule has 0 aliphatic rings. The van der Waals surface area contributed by atoms with Gasteiger partial charge in [0.05, 0.1) is 16.5 Å². The molecule has 0 spiro atoms. The predicted molar refractivity (Wildman–Crippen MR) is 123 cm³/mol. The maximum absolute atomic E-state index is 11.4.